The molecule has 0 spiro atoms. The highest BCUT2D eigenvalue weighted by Gasteiger charge is 2.23. The Labute approximate surface area is 106 Å². The van der Waals surface area contributed by atoms with Gasteiger partial charge in [0.15, 0.2) is 0 Å². The fraction of sp³-hybridized carbons (Fsp3) is 0.286. The fourth-order valence-electron chi connectivity index (χ4n) is 1.77. The molecule has 4 nitrogen and oxygen atoms in total. The molecule has 0 unspecified atom stereocenters. The lowest BCUT2D eigenvalue weighted by Crippen LogP contribution is -2.19. The summed E-state index contributed by atoms with van der Waals surface area (Å²) in [5.74, 6) is 0.139. The maximum atomic E-state index is 11.5. The number of para-hydroxylation sites is 1. The Morgan fingerprint density at radius 1 is 1.28 bits per heavy atom. The van der Waals surface area contributed by atoms with E-state index in [-0.39, 0.29) is 24.3 Å². The number of carbonyl (C=O) groups excluding carboxylic acids is 2. The van der Waals surface area contributed by atoms with Crippen LogP contribution in [0.25, 0.3) is 6.08 Å². The van der Waals surface area contributed by atoms with Crippen LogP contribution in [0, 0.1) is 0 Å². The van der Waals surface area contributed by atoms with Crippen LogP contribution in [0.5, 0.6) is 5.75 Å². The zero-order valence-corrected chi connectivity index (χ0v) is 10.4. The van der Waals surface area contributed by atoms with Crippen molar-refractivity contribution in [2.75, 3.05) is 0 Å². The SMILES string of the molecule is CC(C)Oc1ccccc1C=C1CC(=O)NC1=O. The molecule has 1 aliphatic rings. The van der Waals surface area contributed by atoms with Crippen molar-refractivity contribution in [3.63, 3.8) is 0 Å². The number of benzene rings is 1. The van der Waals surface area contributed by atoms with Crippen molar-refractivity contribution < 1.29 is 14.3 Å². The van der Waals surface area contributed by atoms with Gasteiger partial charge in [0, 0.05) is 11.1 Å². The van der Waals surface area contributed by atoms with Crippen molar-refractivity contribution in [3.05, 3.63) is 35.4 Å². The van der Waals surface area contributed by atoms with Gasteiger partial charge in [-0.25, -0.2) is 0 Å². The summed E-state index contributed by atoms with van der Waals surface area (Å²) < 4.78 is 5.66. The highest BCUT2D eigenvalue weighted by Crippen LogP contribution is 2.24. The van der Waals surface area contributed by atoms with Crippen LogP contribution in [0.1, 0.15) is 25.8 Å². The molecule has 0 bridgehead atoms. The third kappa shape index (κ3) is 2.77. The van der Waals surface area contributed by atoms with Crippen molar-refractivity contribution in [2.24, 2.45) is 0 Å². The average Bonchev–Trinajstić information content (AvgIpc) is 2.59. The topological polar surface area (TPSA) is 55.4 Å². The molecule has 0 aliphatic carbocycles. The molecule has 0 aromatic heterocycles. The van der Waals surface area contributed by atoms with Gasteiger partial charge in [0.1, 0.15) is 5.75 Å². The fourth-order valence-corrected chi connectivity index (χ4v) is 1.77. The van der Waals surface area contributed by atoms with E-state index in [1.165, 1.54) is 0 Å². The van der Waals surface area contributed by atoms with E-state index < -0.39 is 0 Å². The maximum Gasteiger partial charge on any atom is 0.254 e. The summed E-state index contributed by atoms with van der Waals surface area (Å²) in [6.07, 6.45) is 1.90. The number of hydrogen-bond donors (Lipinski definition) is 1. The molecule has 1 aromatic carbocycles. The predicted molar refractivity (Wildman–Crippen MR) is 67.9 cm³/mol. The van der Waals surface area contributed by atoms with E-state index in [1.807, 2.05) is 38.1 Å². The van der Waals surface area contributed by atoms with Crippen molar-refractivity contribution in [3.8, 4) is 5.75 Å². The Bertz CT molecular complexity index is 518. The van der Waals surface area contributed by atoms with E-state index in [0.717, 1.165) is 5.56 Å². The van der Waals surface area contributed by atoms with Gasteiger partial charge in [-0.3, -0.25) is 14.9 Å². The molecule has 1 aliphatic heterocycles. The highest BCUT2D eigenvalue weighted by atomic mass is 16.5. The first kappa shape index (κ1) is 12.4. The van der Waals surface area contributed by atoms with E-state index in [9.17, 15) is 9.59 Å². The molecular weight excluding hydrogens is 230 g/mol. The standard InChI is InChI=1S/C14H15NO3/c1-9(2)18-12-6-4-3-5-10(12)7-11-8-13(16)15-14(11)17/h3-7,9H,8H2,1-2H3,(H,15,16,17). The number of hydrogen-bond acceptors (Lipinski definition) is 3. The minimum atomic E-state index is -0.320. The van der Waals surface area contributed by atoms with Crippen molar-refractivity contribution in [1.82, 2.24) is 5.32 Å². The number of rotatable bonds is 3. The molecule has 0 saturated carbocycles. The van der Waals surface area contributed by atoms with Gasteiger partial charge >= 0.3 is 0 Å². The molecule has 4 heteroatoms. The highest BCUT2D eigenvalue weighted by molar-refractivity contribution is 6.15. The lowest BCUT2D eigenvalue weighted by Gasteiger charge is -2.12. The van der Waals surface area contributed by atoms with E-state index in [0.29, 0.717) is 11.3 Å². The monoisotopic (exact) mass is 245 g/mol. The summed E-state index contributed by atoms with van der Waals surface area (Å²) in [6, 6.07) is 7.45. The van der Waals surface area contributed by atoms with Gasteiger partial charge in [0.05, 0.1) is 12.5 Å². The van der Waals surface area contributed by atoms with Crippen LogP contribution in [0.3, 0.4) is 0 Å². The summed E-state index contributed by atoms with van der Waals surface area (Å²) >= 11 is 0. The first-order valence-electron chi connectivity index (χ1n) is 5.86. The number of ether oxygens (including phenoxy) is 1. The second-order valence-corrected chi connectivity index (χ2v) is 4.43. The van der Waals surface area contributed by atoms with Crippen LogP contribution in [-0.2, 0) is 9.59 Å². The molecule has 2 rings (SSSR count). The van der Waals surface area contributed by atoms with E-state index in [1.54, 1.807) is 6.08 Å². The third-order valence-electron chi connectivity index (χ3n) is 2.51. The van der Waals surface area contributed by atoms with Crippen LogP contribution in [0.2, 0.25) is 0 Å². The predicted octanol–water partition coefficient (Wildman–Crippen LogP) is 1.90. The van der Waals surface area contributed by atoms with Crippen molar-refractivity contribution in [2.45, 2.75) is 26.4 Å². The molecule has 2 amide bonds. The molecule has 1 heterocycles. The summed E-state index contributed by atoms with van der Waals surface area (Å²) in [4.78, 5) is 22.6. The quantitative estimate of drug-likeness (QED) is 0.653. The van der Waals surface area contributed by atoms with Crippen LogP contribution < -0.4 is 10.1 Å². The third-order valence-corrected chi connectivity index (χ3v) is 2.51. The largest absolute Gasteiger partial charge is 0.490 e. The van der Waals surface area contributed by atoms with Crippen molar-refractivity contribution >= 4 is 17.9 Å². The van der Waals surface area contributed by atoms with Gasteiger partial charge in [-0.15, -0.1) is 0 Å². The van der Waals surface area contributed by atoms with Crippen LogP contribution in [0.4, 0.5) is 0 Å². The summed E-state index contributed by atoms with van der Waals surface area (Å²) in [5.41, 5.74) is 1.28. The van der Waals surface area contributed by atoms with Gasteiger partial charge in [0.25, 0.3) is 5.91 Å². The van der Waals surface area contributed by atoms with Crippen LogP contribution in [-0.4, -0.2) is 17.9 Å². The zero-order valence-electron chi connectivity index (χ0n) is 10.4. The normalized spacial score (nSPS) is 17.4. The number of imide groups is 1. The van der Waals surface area contributed by atoms with Gasteiger partial charge in [-0.1, -0.05) is 18.2 Å². The number of amides is 2. The minimum absolute atomic E-state index is 0.0589. The Hall–Kier alpha value is -2.10. The average molecular weight is 245 g/mol. The Morgan fingerprint density at radius 3 is 2.61 bits per heavy atom. The molecule has 1 fully saturated rings. The molecule has 0 radical (unpaired) electrons. The second kappa shape index (κ2) is 5.04. The molecule has 94 valence electrons. The van der Waals surface area contributed by atoms with E-state index >= 15 is 0 Å². The van der Waals surface area contributed by atoms with Crippen LogP contribution in [0.15, 0.2) is 29.8 Å². The summed E-state index contributed by atoms with van der Waals surface area (Å²) in [6.45, 7) is 3.88. The van der Waals surface area contributed by atoms with E-state index in [2.05, 4.69) is 5.32 Å². The number of nitrogens with one attached hydrogen (secondary N) is 1. The smallest absolute Gasteiger partial charge is 0.254 e. The minimum Gasteiger partial charge on any atom is -0.490 e. The zero-order chi connectivity index (χ0) is 13.1. The summed E-state index contributed by atoms with van der Waals surface area (Å²) in [5, 5.41) is 2.26. The Kier molecular flexibility index (Phi) is 3.46. The Morgan fingerprint density at radius 2 is 2.00 bits per heavy atom. The molecule has 18 heavy (non-hydrogen) atoms. The van der Waals surface area contributed by atoms with Gasteiger partial charge in [0.2, 0.25) is 5.91 Å². The molecule has 1 N–H and O–H groups in total. The van der Waals surface area contributed by atoms with Crippen molar-refractivity contribution in [1.29, 1.82) is 0 Å². The first-order valence-corrected chi connectivity index (χ1v) is 5.86. The Balaban J connectivity index is 2.31. The molecule has 1 aromatic rings. The second-order valence-electron chi connectivity index (χ2n) is 4.43. The van der Waals surface area contributed by atoms with Gasteiger partial charge < -0.3 is 4.74 Å². The summed E-state index contributed by atoms with van der Waals surface area (Å²) in [7, 11) is 0. The lowest BCUT2D eigenvalue weighted by molar-refractivity contribution is -0.124. The molecule has 1 saturated heterocycles. The van der Waals surface area contributed by atoms with Gasteiger partial charge in [-0.2, -0.15) is 0 Å². The van der Waals surface area contributed by atoms with Gasteiger partial charge in [-0.05, 0) is 26.0 Å². The van der Waals surface area contributed by atoms with E-state index in [4.69, 9.17) is 4.74 Å². The first-order chi connectivity index (χ1) is 8.56. The number of carbonyl (C=O) groups is 2. The maximum absolute atomic E-state index is 11.5. The van der Waals surface area contributed by atoms with Crippen LogP contribution >= 0.6 is 0 Å². The molecule has 0 atom stereocenters. The lowest BCUT2D eigenvalue weighted by atomic mass is 10.1. The molecular formula is C14H15NO3.